The lowest BCUT2D eigenvalue weighted by Gasteiger charge is -2.17. The number of benzene rings is 3. The molecule has 0 saturated heterocycles. The smallest absolute Gasteiger partial charge is 0.413 e. The predicted octanol–water partition coefficient (Wildman–Crippen LogP) is 5.57. The molecule has 0 aliphatic heterocycles. The minimum atomic E-state index is -1.07. The van der Waals surface area contributed by atoms with Crippen molar-refractivity contribution in [2.75, 3.05) is 4.90 Å². The largest absolute Gasteiger partial charge is 0.465 e. The highest BCUT2D eigenvalue weighted by Crippen LogP contribution is 2.35. The van der Waals surface area contributed by atoms with Crippen molar-refractivity contribution in [3.63, 3.8) is 0 Å². The first-order chi connectivity index (χ1) is 13.1. The third-order valence-corrected chi connectivity index (χ3v) is 4.70. The monoisotopic (exact) mass is 377 g/mol. The van der Waals surface area contributed by atoms with Gasteiger partial charge in [-0.25, -0.2) is 4.79 Å². The third-order valence-electron chi connectivity index (χ3n) is 4.39. The molecule has 0 radical (unpaired) electrons. The second kappa shape index (κ2) is 7.13. The Labute approximate surface area is 160 Å². The molecule has 0 aliphatic carbocycles. The molecule has 134 valence electrons. The number of anilines is 1. The van der Waals surface area contributed by atoms with Crippen LogP contribution in [0, 0.1) is 0 Å². The van der Waals surface area contributed by atoms with Gasteiger partial charge in [-0.2, -0.15) is 5.10 Å². The van der Waals surface area contributed by atoms with E-state index in [1.54, 1.807) is 6.07 Å². The molecule has 6 heteroatoms. The normalized spacial score (nSPS) is 10.9. The molecule has 0 spiro atoms. The van der Waals surface area contributed by atoms with Crippen LogP contribution in [0.3, 0.4) is 0 Å². The van der Waals surface area contributed by atoms with Gasteiger partial charge in [0.2, 0.25) is 0 Å². The topological polar surface area (TPSA) is 69.2 Å². The van der Waals surface area contributed by atoms with Gasteiger partial charge in [0.25, 0.3) is 0 Å². The summed E-state index contributed by atoms with van der Waals surface area (Å²) < 4.78 is 0. The lowest BCUT2D eigenvalue weighted by Crippen LogP contribution is -2.29. The van der Waals surface area contributed by atoms with E-state index in [2.05, 4.69) is 10.2 Å². The van der Waals surface area contributed by atoms with Crippen molar-refractivity contribution >= 4 is 34.4 Å². The van der Waals surface area contributed by atoms with Crippen molar-refractivity contribution in [1.29, 1.82) is 0 Å². The van der Waals surface area contributed by atoms with Gasteiger partial charge in [-0.3, -0.25) is 10.00 Å². The van der Waals surface area contributed by atoms with Gasteiger partial charge in [-0.05, 0) is 23.3 Å². The first-order valence-electron chi connectivity index (χ1n) is 8.41. The van der Waals surface area contributed by atoms with Crippen molar-refractivity contribution in [2.24, 2.45) is 0 Å². The number of amides is 1. The average molecular weight is 378 g/mol. The highest BCUT2D eigenvalue weighted by atomic mass is 35.5. The van der Waals surface area contributed by atoms with E-state index in [1.807, 2.05) is 66.7 Å². The molecule has 0 fully saturated rings. The average Bonchev–Trinajstić information content (AvgIpc) is 3.09. The Kier molecular flexibility index (Phi) is 4.52. The van der Waals surface area contributed by atoms with Crippen LogP contribution >= 0.6 is 11.6 Å². The van der Waals surface area contributed by atoms with Gasteiger partial charge < -0.3 is 5.11 Å². The van der Waals surface area contributed by atoms with E-state index >= 15 is 0 Å². The second-order valence-corrected chi connectivity index (χ2v) is 6.55. The molecule has 0 atom stereocenters. The molecule has 0 saturated carbocycles. The SMILES string of the molecule is O=C(O)N(Cc1ccccc1)c1n[nH]c2cc(Cl)c(-c3ccccc3)cc12. The minimum absolute atomic E-state index is 0.208. The van der Waals surface area contributed by atoms with E-state index < -0.39 is 6.09 Å². The molecular formula is C21H16ClN3O2. The number of carboxylic acid groups (broad SMARTS) is 1. The molecule has 4 aromatic rings. The molecule has 0 bridgehead atoms. The van der Waals surface area contributed by atoms with Crippen molar-refractivity contribution in [2.45, 2.75) is 6.54 Å². The summed E-state index contributed by atoms with van der Waals surface area (Å²) in [6.07, 6.45) is -1.07. The van der Waals surface area contributed by atoms with Gasteiger partial charge in [0, 0.05) is 10.9 Å². The lowest BCUT2D eigenvalue weighted by molar-refractivity contribution is 0.201. The Morgan fingerprint density at radius 3 is 2.37 bits per heavy atom. The van der Waals surface area contributed by atoms with Crippen LogP contribution in [0.5, 0.6) is 0 Å². The predicted molar refractivity (Wildman–Crippen MR) is 107 cm³/mol. The summed E-state index contributed by atoms with van der Waals surface area (Å²) in [5.41, 5.74) is 3.36. The van der Waals surface area contributed by atoms with Crippen LogP contribution in [0.1, 0.15) is 5.56 Å². The van der Waals surface area contributed by atoms with Crippen LogP contribution in [0.25, 0.3) is 22.0 Å². The molecule has 27 heavy (non-hydrogen) atoms. The van der Waals surface area contributed by atoms with Crippen LogP contribution in [0.15, 0.2) is 72.8 Å². The summed E-state index contributed by atoms with van der Waals surface area (Å²) in [5.74, 6) is 0.357. The number of nitrogens with one attached hydrogen (secondary N) is 1. The van der Waals surface area contributed by atoms with Crippen LogP contribution < -0.4 is 4.90 Å². The number of aromatic amines is 1. The molecule has 3 aromatic carbocycles. The summed E-state index contributed by atoms with van der Waals surface area (Å²) in [4.78, 5) is 13.1. The van der Waals surface area contributed by atoms with E-state index in [4.69, 9.17) is 11.6 Å². The standard InChI is InChI=1S/C21H16ClN3O2/c22-18-12-19-17(11-16(18)15-9-5-2-6-10-15)20(24-23-19)25(21(26)27)13-14-7-3-1-4-8-14/h1-12H,13H2,(H,23,24)(H,26,27). The Bertz CT molecular complexity index is 1090. The molecule has 1 amide bonds. The quantitative estimate of drug-likeness (QED) is 0.488. The van der Waals surface area contributed by atoms with E-state index in [1.165, 1.54) is 4.90 Å². The fourth-order valence-electron chi connectivity index (χ4n) is 3.07. The Morgan fingerprint density at radius 2 is 1.70 bits per heavy atom. The zero-order chi connectivity index (χ0) is 18.8. The number of rotatable bonds is 4. The Balaban J connectivity index is 1.82. The van der Waals surface area contributed by atoms with Crippen LogP contribution in [-0.4, -0.2) is 21.4 Å². The second-order valence-electron chi connectivity index (χ2n) is 6.15. The van der Waals surface area contributed by atoms with Crippen LogP contribution in [-0.2, 0) is 6.54 Å². The maximum atomic E-state index is 11.9. The first kappa shape index (κ1) is 17.1. The van der Waals surface area contributed by atoms with E-state index in [0.717, 1.165) is 16.7 Å². The number of H-pyrrole nitrogens is 1. The molecule has 1 aromatic heterocycles. The van der Waals surface area contributed by atoms with Crippen molar-refractivity contribution in [1.82, 2.24) is 10.2 Å². The summed E-state index contributed by atoms with van der Waals surface area (Å²) >= 11 is 6.44. The molecule has 4 rings (SSSR count). The summed E-state index contributed by atoms with van der Waals surface area (Å²) in [6.45, 7) is 0.208. The van der Waals surface area contributed by atoms with Crippen LogP contribution in [0.2, 0.25) is 5.02 Å². The fourth-order valence-corrected chi connectivity index (χ4v) is 3.34. The maximum absolute atomic E-state index is 11.9. The van der Waals surface area contributed by atoms with Gasteiger partial charge >= 0.3 is 6.09 Å². The number of hydrogen-bond acceptors (Lipinski definition) is 2. The van der Waals surface area contributed by atoms with Gasteiger partial charge in [0.1, 0.15) is 0 Å². The summed E-state index contributed by atoms with van der Waals surface area (Å²) in [7, 11) is 0. The molecule has 5 nitrogen and oxygen atoms in total. The number of hydrogen-bond donors (Lipinski definition) is 2. The third kappa shape index (κ3) is 3.37. The van der Waals surface area contributed by atoms with E-state index in [0.29, 0.717) is 21.7 Å². The lowest BCUT2D eigenvalue weighted by atomic mass is 10.0. The highest BCUT2D eigenvalue weighted by Gasteiger charge is 2.21. The number of nitrogens with zero attached hydrogens (tertiary/aromatic N) is 2. The molecule has 2 N–H and O–H groups in total. The zero-order valence-corrected chi connectivity index (χ0v) is 15.0. The summed E-state index contributed by atoms with van der Waals surface area (Å²) in [6, 6.07) is 22.8. The Morgan fingerprint density at radius 1 is 1.04 bits per heavy atom. The van der Waals surface area contributed by atoms with Gasteiger partial charge in [-0.1, -0.05) is 72.3 Å². The van der Waals surface area contributed by atoms with Crippen molar-refractivity contribution in [3.05, 3.63) is 83.4 Å². The zero-order valence-electron chi connectivity index (χ0n) is 14.3. The number of halogens is 1. The molecule has 0 unspecified atom stereocenters. The summed E-state index contributed by atoms with van der Waals surface area (Å²) in [5, 5.41) is 18.2. The molecule has 0 aliphatic rings. The van der Waals surface area contributed by atoms with Gasteiger partial charge in [0.15, 0.2) is 5.82 Å². The van der Waals surface area contributed by atoms with E-state index in [-0.39, 0.29) is 6.54 Å². The highest BCUT2D eigenvalue weighted by molar-refractivity contribution is 6.34. The molecular weight excluding hydrogens is 362 g/mol. The fraction of sp³-hybridized carbons (Fsp3) is 0.0476. The van der Waals surface area contributed by atoms with Crippen molar-refractivity contribution in [3.8, 4) is 11.1 Å². The number of fused-ring (bicyclic) bond motifs is 1. The van der Waals surface area contributed by atoms with Crippen molar-refractivity contribution < 1.29 is 9.90 Å². The van der Waals surface area contributed by atoms with Gasteiger partial charge in [0.05, 0.1) is 17.1 Å². The van der Waals surface area contributed by atoms with Crippen LogP contribution in [0.4, 0.5) is 10.6 Å². The maximum Gasteiger partial charge on any atom is 0.413 e. The minimum Gasteiger partial charge on any atom is -0.465 e. The number of aromatic nitrogens is 2. The first-order valence-corrected chi connectivity index (χ1v) is 8.78. The van der Waals surface area contributed by atoms with E-state index in [9.17, 15) is 9.90 Å². The van der Waals surface area contributed by atoms with Gasteiger partial charge in [-0.15, -0.1) is 0 Å². The Hall–Kier alpha value is -3.31. The molecule has 1 heterocycles. The number of carbonyl (C=O) groups is 1.